The van der Waals surface area contributed by atoms with Gasteiger partial charge in [-0.2, -0.15) is 10.2 Å². The molecular formula is C17H21N5. The van der Waals surface area contributed by atoms with E-state index in [1.54, 1.807) is 0 Å². The lowest BCUT2D eigenvalue weighted by atomic mass is 10.1. The molecule has 0 spiro atoms. The van der Waals surface area contributed by atoms with Crippen LogP contribution in [-0.4, -0.2) is 20.0 Å². The standard InChI is InChI=1S/C17H21N5/c1-13-17(14(2)21-20-13)11-18-10-15-6-3-4-7-16(15)12-22-9-5-8-19-22/h3-9,18H,10-12H2,1-2H3,(H,20,21). The minimum Gasteiger partial charge on any atom is -0.308 e. The third kappa shape index (κ3) is 3.26. The van der Waals surface area contributed by atoms with Crippen LogP contribution in [0.1, 0.15) is 28.1 Å². The second-order valence-electron chi connectivity index (χ2n) is 5.49. The van der Waals surface area contributed by atoms with Gasteiger partial charge in [0.2, 0.25) is 0 Å². The fraction of sp³-hybridized carbons (Fsp3) is 0.294. The summed E-state index contributed by atoms with van der Waals surface area (Å²) in [5.74, 6) is 0. The molecule has 0 aliphatic carbocycles. The molecule has 2 aromatic heterocycles. The molecule has 0 fully saturated rings. The molecule has 3 rings (SSSR count). The molecular weight excluding hydrogens is 274 g/mol. The van der Waals surface area contributed by atoms with E-state index in [0.29, 0.717) is 0 Å². The molecule has 1 aromatic carbocycles. The lowest BCUT2D eigenvalue weighted by molar-refractivity contribution is 0.654. The van der Waals surface area contributed by atoms with Gasteiger partial charge in [0, 0.05) is 36.7 Å². The average Bonchev–Trinajstić information content (AvgIpc) is 3.13. The Labute approximate surface area is 130 Å². The van der Waals surface area contributed by atoms with Gasteiger partial charge in [0.05, 0.1) is 12.2 Å². The second-order valence-corrected chi connectivity index (χ2v) is 5.49. The molecule has 3 aromatic rings. The van der Waals surface area contributed by atoms with Gasteiger partial charge in [0.1, 0.15) is 0 Å². The largest absolute Gasteiger partial charge is 0.308 e. The van der Waals surface area contributed by atoms with Gasteiger partial charge in [-0.15, -0.1) is 0 Å². The molecule has 0 aliphatic heterocycles. The minimum atomic E-state index is 0.800. The Bertz CT molecular complexity index is 708. The fourth-order valence-electron chi connectivity index (χ4n) is 2.61. The highest BCUT2D eigenvalue weighted by Gasteiger charge is 2.07. The van der Waals surface area contributed by atoms with Crippen molar-refractivity contribution in [3.05, 3.63) is 70.8 Å². The molecule has 0 atom stereocenters. The maximum Gasteiger partial charge on any atom is 0.0662 e. The van der Waals surface area contributed by atoms with Crippen molar-refractivity contribution >= 4 is 0 Å². The van der Waals surface area contributed by atoms with Crippen LogP contribution in [0, 0.1) is 13.8 Å². The number of H-pyrrole nitrogens is 1. The molecule has 5 heteroatoms. The van der Waals surface area contributed by atoms with Crippen molar-refractivity contribution in [3.8, 4) is 0 Å². The molecule has 0 bridgehead atoms. The van der Waals surface area contributed by atoms with E-state index in [4.69, 9.17) is 0 Å². The number of nitrogens with zero attached hydrogens (tertiary/aromatic N) is 3. The molecule has 0 saturated carbocycles. The number of hydrogen-bond acceptors (Lipinski definition) is 3. The highest BCUT2D eigenvalue weighted by atomic mass is 15.3. The molecule has 0 amide bonds. The van der Waals surface area contributed by atoms with Crippen molar-refractivity contribution in [3.63, 3.8) is 0 Å². The number of rotatable bonds is 6. The lowest BCUT2D eigenvalue weighted by Gasteiger charge is -2.11. The van der Waals surface area contributed by atoms with Crippen molar-refractivity contribution in [1.82, 2.24) is 25.3 Å². The molecule has 22 heavy (non-hydrogen) atoms. The first-order valence-electron chi connectivity index (χ1n) is 7.49. The third-order valence-corrected chi connectivity index (χ3v) is 3.91. The number of hydrogen-bond donors (Lipinski definition) is 2. The first-order chi connectivity index (χ1) is 10.7. The summed E-state index contributed by atoms with van der Waals surface area (Å²) >= 11 is 0. The number of aromatic amines is 1. The topological polar surface area (TPSA) is 58.5 Å². The summed E-state index contributed by atoms with van der Waals surface area (Å²) in [6, 6.07) is 10.4. The SMILES string of the molecule is Cc1n[nH]c(C)c1CNCc1ccccc1Cn1cccn1. The molecule has 0 radical (unpaired) electrons. The highest BCUT2D eigenvalue weighted by molar-refractivity contribution is 5.28. The van der Waals surface area contributed by atoms with Crippen LogP contribution >= 0.6 is 0 Å². The number of aromatic nitrogens is 4. The zero-order chi connectivity index (χ0) is 15.4. The Morgan fingerprint density at radius 3 is 2.59 bits per heavy atom. The van der Waals surface area contributed by atoms with Gasteiger partial charge in [0.15, 0.2) is 0 Å². The van der Waals surface area contributed by atoms with Gasteiger partial charge in [0.25, 0.3) is 0 Å². The summed E-state index contributed by atoms with van der Waals surface area (Å²) in [4.78, 5) is 0. The molecule has 2 N–H and O–H groups in total. The molecule has 0 saturated heterocycles. The van der Waals surface area contributed by atoms with Crippen LogP contribution in [0.3, 0.4) is 0 Å². The van der Waals surface area contributed by atoms with Crippen molar-refractivity contribution in [1.29, 1.82) is 0 Å². The second kappa shape index (κ2) is 6.58. The van der Waals surface area contributed by atoms with Gasteiger partial charge in [-0.05, 0) is 31.0 Å². The molecule has 5 nitrogen and oxygen atoms in total. The van der Waals surface area contributed by atoms with E-state index < -0.39 is 0 Å². The summed E-state index contributed by atoms with van der Waals surface area (Å²) < 4.78 is 1.95. The average molecular weight is 295 g/mol. The van der Waals surface area contributed by atoms with Gasteiger partial charge in [-0.25, -0.2) is 0 Å². The number of nitrogens with one attached hydrogen (secondary N) is 2. The van der Waals surface area contributed by atoms with E-state index in [-0.39, 0.29) is 0 Å². The maximum absolute atomic E-state index is 4.28. The van der Waals surface area contributed by atoms with E-state index >= 15 is 0 Å². The first kappa shape index (κ1) is 14.5. The van der Waals surface area contributed by atoms with Gasteiger partial charge in [-0.1, -0.05) is 24.3 Å². The Morgan fingerprint density at radius 1 is 1.09 bits per heavy atom. The van der Waals surface area contributed by atoms with Gasteiger partial charge >= 0.3 is 0 Å². The van der Waals surface area contributed by atoms with Crippen LogP contribution < -0.4 is 5.32 Å². The third-order valence-electron chi connectivity index (χ3n) is 3.91. The Kier molecular flexibility index (Phi) is 4.34. The van der Waals surface area contributed by atoms with Crippen molar-refractivity contribution in [2.45, 2.75) is 33.5 Å². The van der Waals surface area contributed by atoms with E-state index in [2.05, 4.69) is 51.8 Å². The summed E-state index contributed by atoms with van der Waals surface area (Å²) in [5, 5.41) is 15.1. The lowest BCUT2D eigenvalue weighted by Crippen LogP contribution is -2.15. The van der Waals surface area contributed by atoms with E-state index in [0.717, 1.165) is 31.0 Å². The van der Waals surface area contributed by atoms with Crippen LogP contribution in [0.25, 0.3) is 0 Å². The summed E-state index contributed by atoms with van der Waals surface area (Å²) in [6.07, 6.45) is 3.80. The van der Waals surface area contributed by atoms with Gasteiger partial charge in [-0.3, -0.25) is 9.78 Å². The summed E-state index contributed by atoms with van der Waals surface area (Å²) in [5.41, 5.74) is 6.05. The Balaban J connectivity index is 1.65. The Morgan fingerprint density at radius 2 is 1.91 bits per heavy atom. The zero-order valence-corrected chi connectivity index (χ0v) is 13.0. The molecule has 0 aliphatic rings. The van der Waals surface area contributed by atoms with Crippen LogP contribution in [0.5, 0.6) is 0 Å². The monoisotopic (exact) mass is 295 g/mol. The van der Waals surface area contributed by atoms with E-state index in [1.165, 1.54) is 16.7 Å². The maximum atomic E-state index is 4.28. The molecule has 2 heterocycles. The van der Waals surface area contributed by atoms with Crippen LogP contribution in [0.4, 0.5) is 0 Å². The highest BCUT2D eigenvalue weighted by Crippen LogP contribution is 2.12. The fourth-order valence-corrected chi connectivity index (χ4v) is 2.61. The van der Waals surface area contributed by atoms with Crippen LogP contribution in [-0.2, 0) is 19.6 Å². The van der Waals surface area contributed by atoms with E-state index in [9.17, 15) is 0 Å². The molecule has 114 valence electrons. The van der Waals surface area contributed by atoms with Crippen LogP contribution in [0.2, 0.25) is 0 Å². The summed E-state index contributed by atoms with van der Waals surface area (Å²) in [7, 11) is 0. The normalized spacial score (nSPS) is 11.0. The van der Waals surface area contributed by atoms with Crippen LogP contribution in [0.15, 0.2) is 42.7 Å². The Hall–Kier alpha value is -2.40. The number of benzene rings is 1. The van der Waals surface area contributed by atoms with E-state index in [1.807, 2.05) is 30.1 Å². The summed E-state index contributed by atoms with van der Waals surface area (Å²) in [6.45, 7) is 6.55. The van der Waals surface area contributed by atoms with Crippen molar-refractivity contribution in [2.24, 2.45) is 0 Å². The quantitative estimate of drug-likeness (QED) is 0.735. The van der Waals surface area contributed by atoms with Gasteiger partial charge < -0.3 is 5.32 Å². The number of aryl methyl sites for hydroxylation is 2. The first-order valence-corrected chi connectivity index (χ1v) is 7.49. The smallest absolute Gasteiger partial charge is 0.0662 e. The zero-order valence-electron chi connectivity index (χ0n) is 13.0. The van der Waals surface area contributed by atoms with Crippen molar-refractivity contribution < 1.29 is 0 Å². The predicted octanol–water partition coefficient (Wildman–Crippen LogP) is 2.56. The molecule has 0 unspecified atom stereocenters. The minimum absolute atomic E-state index is 0.800. The predicted molar refractivity (Wildman–Crippen MR) is 86.4 cm³/mol. The van der Waals surface area contributed by atoms with Crippen molar-refractivity contribution in [2.75, 3.05) is 0 Å².